The van der Waals surface area contributed by atoms with E-state index in [1.165, 1.54) is 0 Å². The van der Waals surface area contributed by atoms with Gasteiger partial charge in [0, 0.05) is 18.9 Å². The summed E-state index contributed by atoms with van der Waals surface area (Å²) >= 11 is 0. The molecule has 1 aliphatic heterocycles. The third kappa shape index (κ3) is 1.81. The quantitative estimate of drug-likeness (QED) is 0.707. The summed E-state index contributed by atoms with van der Waals surface area (Å²) < 4.78 is 5.30. The SMILES string of the molecule is N#CC1(c2cccc(N)c2)CCOCC1. The second-order valence-electron chi connectivity index (χ2n) is 3.93. The fraction of sp³-hybridized carbons (Fsp3) is 0.417. The Morgan fingerprint density at radius 1 is 1.33 bits per heavy atom. The molecule has 1 aliphatic rings. The average molecular weight is 202 g/mol. The molecule has 1 fully saturated rings. The van der Waals surface area contributed by atoms with Crippen molar-refractivity contribution >= 4 is 5.69 Å². The molecule has 0 saturated carbocycles. The largest absolute Gasteiger partial charge is 0.399 e. The second kappa shape index (κ2) is 3.92. The van der Waals surface area contributed by atoms with Gasteiger partial charge in [-0.05, 0) is 30.5 Å². The van der Waals surface area contributed by atoms with Crippen molar-refractivity contribution in [3.8, 4) is 6.07 Å². The summed E-state index contributed by atoms with van der Waals surface area (Å²) in [5, 5.41) is 9.34. The molecular formula is C12H14N2O. The normalized spacial score (nSPS) is 19.4. The van der Waals surface area contributed by atoms with Crippen LogP contribution in [0.15, 0.2) is 24.3 Å². The zero-order chi connectivity index (χ0) is 10.7. The van der Waals surface area contributed by atoms with Crippen LogP contribution in [0.1, 0.15) is 18.4 Å². The van der Waals surface area contributed by atoms with Crippen molar-refractivity contribution in [2.24, 2.45) is 0 Å². The molecule has 15 heavy (non-hydrogen) atoms. The van der Waals surface area contributed by atoms with Gasteiger partial charge in [0.25, 0.3) is 0 Å². The monoisotopic (exact) mass is 202 g/mol. The van der Waals surface area contributed by atoms with E-state index in [9.17, 15) is 5.26 Å². The van der Waals surface area contributed by atoms with E-state index in [1.807, 2.05) is 24.3 Å². The highest BCUT2D eigenvalue weighted by molar-refractivity contribution is 5.45. The minimum atomic E-state index is -0.395. The molecule has 0 amide bonds. The molecule has 0 atom stereocenters. The van der Waals surface area contributed by atoms with Crippen molar-refractivity contribution in [2.45, 2.75) is 18.3 Å². The maximum Gasteiger partial charge on any atom is 0.0866 e. The number of nitrogens with two attached hydrogens (primary N) is 1. The van der Waals surface area contributed by atoms with Gasteiger partial charge in [-0.15, -0.1) is 0 Å². The number of rotatable bonds is 1. The molecule has 0 radical (unpaired) electrons. The van der Waals surface area contributed by atoms with Gasteiger partial charge in [-0.25, -0.2) is 0 Å². The molecule has 2 N–H and O–H groups in total. The highest BCUT2D eigenvalue weighted by Gasteiger charge is 2.34. The van der Waals surface area contributed by atoms with Crippen LogP contribution in [0, 0.1) is 11.3 Å². The number of anilines is 1. The van der Waals surface area contributed by atoms with Gasteiger partial charge in [0.2, 0.25) is 0 Å². The molecule has 1 aromatic carbocycles. The summed E-state index contributed by atoms with van der Waals surface area (Å²) in [5.74, 6) is 0. The minimum absolute atomic E-state index is 0.395. The maximum atomic E-state index is 9.34. The smallest absolute Gasteiger partial charge is 0.0866 e. The van der Waals surface area contributed by atoms with Gasteiger partial charge in [0.15, 0.2) is 0 Å². The lowest BCUT2D eigenvalue weighted by molar-refractivity contribution is 0.0675. The zero-order valence-corrected chi connectivity index (χ0v) is 8.57. The van der Waals surface area contributed by atoms with E-state index < -0.39 is 5.41 Å². The minimum Gasteiger partial charge on any atom is -0.399 e. The van der Waals surface area contributed by atoms with Gasteiger partial charge in [-0.2, -0.15) is 5.26 Å². The van der Waals surface area contributed by atoms with Gasteiger partial charge < -0.3 is 10.5 Å². The molecule has 0 aliphatic carbocycles. The Morgan fingerprint density at radius 3 is 2.67 bits per heavy atom. The highest BCUT2D eigenvalue weighted by atomic mass is 16.5. The van der Waals surface area contributed by atoms with Gasteiger partial charge in [0.1, 0.15) is 0 Å². The van der Waals surface area contributed by atoms with Crippen LogP contribution >= 0.6 is 0 Å². The predicted molar refractivity (Wildman–Crippen MR) is 58.2 cm³/mol. The Kier molecular flexibility index (Phi) is 2.61. The number of ether oxygens (including phenoxy) is 1. The number of nitriles is 1. The second-order valence-corrected chi connectivity index (χ2v) is 3.93. The first-order valence-electron chi connectivity index (χ1n) is 5.12. The molecule has 3 nitrogen and oxygen atoms in total. The van der Waals surface area contributed by atoms with Gasteiger partial charge in [0.05, 0.1) is 11.5 Å². The van der Waals surface area contributed by atoms with E-state index >= 15 is 0 Å². The predicted octanol–water partition coefficient (Wildman–Crippen LogP) is 1.84. The summed E-state index contributed by atoms with van der Waals surface area (Å²) in [6, 6.07) is 10.0. The number of nitrogens with zero attached hydrogens (tertiary/aromatic N) is 1. The maximum absolute atomic E-state index is 9.34. The van der Waals surface area contributed by atoms with Gasteiger partial charge >= 0.3 is 0 Å². The average Bonchev–Trinajstić information content (AvgIpc) is 2.30. The molecular weight excluding hydrogens is 188 g/mol. The lowest BCUT2D eigenvalue weighted by Crippen LogP contribution is -2.32. The third-order valence-corrected chi connectivity index (χ3v) is 3.00. The Morgan fingerprint density at radius 2 is 2.07 bits per heavy atom. The number of nitrogen functional groups attached to an aromatic ring is 1. The van der Waals surface area contributed by atoms with E-state index in [1.54, 1.807) is 0 Å². The number of hydrogen-bond donors (Lipinski definition) is 1. The summed E-state index contributed by atoms with van der Waals surface area (Å²) in [7, 11) is 0. The number of benzene rings is 1. The van der Waals surface area contributed by atoms with Crippen LogP contribution in [-0.4, -0.2) is 13.2 Å². The van der Waals surface area contributed by atoms with Crippen molar-refractivity contribution in [1.82, 2.24) is 0 Å². The lowest BCUT2D eigenvalue weighted by atomic mass is 9.75. The summed E-state index contributed by atoms with van der Waals surface area (Å²) in [4.78, 5) is 0. The fourth-order valence-corrected chi connectivity index (χ4v) is 2.02. The molecule has 0 aromatic heterocycles. The van der Waals surface area contributed by atoms with Crippen LogP contribution in [0.5, 0.6) is 0 Å². The molecule has 0 unspecified atom stereocenters. The van der Waals surface area contributed by atoms with E-state index in [2.05, 4.69) is 6.07 Å². The Bertz CT molecular complexity index is 389. The Labute approximate surface area is 89.5 Å². The summed E-state index contributed by atoms with van der Waals surface area (Å²) in [6.45, 7) is 1.31. The van der Waals surface area contributed by atoms with Crippen molar-refractivity contribution in [3.05, 3.63) is 29.8 Å². The first-order chi connectivity index (χ1) is 7.27. The first-order valence-corrected chi connectivity index (χ1v) is 5.12. The van der Waals surface area contributed by atoms with E-state index in [0.717, 1.165) is 18.4 Å². The standard InChI is InChI=1S/C12H14N2O/c13-9-12(4-6-15-7-5-12)10-2-1-3-11(14)8-10/h1-3,8H,4-7,14H2. The van der Waals surface area contributed by atoms with Crippen LogP contribution in [-0.2, 0) is 10.2 Å². The molecule has 1 heterocycles. The molecule has 1 saturated heterocycles. The topological polar surface area (TPSA) is 59.0 Å². The van der Waals surface area contributed by atoms with Crippen molar-refractivity contribution < 1.29 is 4.74 Å². The zero-order valence-electron chi connectivity index (χ0n) is 8.57. The first kappa shape index (κ1) is 10.0. The molecule has 0 bridgehead atoms. The third-order valence-electron chi connectivity index (χ3n) is 3.00. The van der Waals surface area contributed by atoms with Crippen molar-refractivity contribution in [1.29, 1.82) is 5.26 Å². The van der Waals surface area contributed by atoms with Crippen molar-refractivity contribution in [3.63, 3.8) is 0 Å². The molecule has 3 heteroatoms. The number of hydrogen-bond acceptors (Lipinski definition) is 3. The highest BCUT2D eigenvalue weighted by Crippen LogP contribution is 2.34. The molecule has 78 valence electrons. The van der Waals surface area contributed by atoms with E-state index in [4.69, 9.17) is 10.5 Å². The van der Waals surface area contributed by atoms with Crippen LogP contribution in [0.4, 0.5) is 5.69 Å². The van der Waals surface area contributed by atoms with Crippen molar-refractivity contribution in [2.75, 3.05) is 18.9 Å². The summed E-state index contributed by atoms with van der Waals surface area (Å²) in [6.07, 6.45) is 1.51. The Hall–Kier alpha value is -1.53. The molecule has 1 aromatic rings. The summed E-state index contributed by atoms with van der Waals surface area (Å²) in [5.41, 5.74) is 7.08. The van der Waals surface area contributed by atoms with E-state index in [-0.39, 0.29) is 0 Å². The Balaban J connectivity index is 2.37. The van der Waals surface area contributed by atoms with Gasteiger partial charge in [-0.1, -0.05) is 12.1 Å². The van der Waals surface area contributed by atoms with Crippen LogP contribution in [0.25, 0.3) is 0 Å². The molecule has 0 spiro atoms. The van der Waals surface area contributed by atoms with Crippen LogP contribution in [0.3, 0.4) is 0 Å². The van der Waals surface area contributed by atoms with Gasteiger partial charge in [-0.3, -0.25) is 0 Å². The van der Waals surface area contributed by atoms with Crippen LogP contribution in [0.2, 0.25) is 0 Å². The fourth-order valence-electron chi connectivity index (χ4n) is 2.02. The lowest BCUT2D eigenvalue weighted by Gasteiger charge is -2.31. The van der Waals surface area contributed by atoms with E-state index in [0.29, 0.717) is 18.9 Å². The molecule has 2 rings (SSSR count). The van der Waals surface area contributed by atoms with Crippen LogP contribution < -0.4 is 5.73 Å².